The normalized spacial score (nSPS) is 15.7. The molecule has 1 aliphatic rings. The van der Waals surface area contributed by atoms with Crippen LogP contribution in [0.1, 0.15) is 61.0 Å². The van der Waals surface area contributed by atoms with E-state index < -0.39 is 0 Å². The lowest BCUT2D eigenvalue weighted by molar-refractivity contribution is 0.0718. The fraction of sp³-hybridized carbons (Fsp3) is 0.562. The second kappa shape index (κ2) is 6.24. The molecule has 0 atom stereocenters. The van der Waals surface area contributed by atoms with Crippen molar-refractivity contribution in [1.82, 2.24) is 15.2 Å². The van der Waals surface area contributed by atoms with Crippen molar-refractivity contribution < 1.29 is 9.59 Å². The van der Waals surface area contributed by atoms with Gasteiger partial charge < -0.3 is 10.2 Å². The Labute approximate surface area is 125 Å². The molecule has 0 radical (unpaired) electrons. The Morgan fingerprint density at radius 3 is 2.33 bits per heavy atom. The third kappa shape index (κ3) is 4.28. The van der Waals surface area contributed by atoms with Gasteiger partial charge in [0.2, 0.25) is 0 Å². The van der Waals surface area contributed by atoms with Crippen LogP contribution in [0.25, 0.3) is 0 Å². The van der Waals surface area contributed by atoms with Crippen molar-refractivity contribution in [1.29, 1.82) is 0 Å². The van der Waals surface area contributed by atoms with E-state index in [1.807, 2.05) is 25.7 Å². The molecule has 2 amide bonds. The summed E-state index contributed by atoms with van der Waals surface area (Å²) in [6.07, 6.45) is 3.25. The summed E-state index contributed by atoms with van der Waals surface area (Å²) in [5, 5.41) is 2.85. The number of amides is 2. The van der Waals surface area contributed by atoms with Crippen LogP contribution in [0, 0.1) is 0 Å². The Kier molecular flexibility index (Phi) is 4.60. The largest absolute Gasteiger partial charge is 0.346 e. The Balaban J connectivity index is 2.13. The van der Waals surface area contributed by atoms with Gasteiger partial charge in [0, 0.05) is 18.6 Å². The Bertz CT molecular complexity index is 529. The van der Waals surface area contributed by atoms with Crippen molar-refractivity contribution in [3.8, 4) is 0 Å². The van der Waals surface area contributed by atoms with Crippen LogP contribution in [0.3, 0.4) is 0 Å². The van der Waals surface area contributed by atoms with Crippen molar-refractivity contribution in [2.45, 2.75) is 45.6 Å². The molecule has 0 spiro atoms. The van der Waals surface area contributed by atoms with Gasteiger partial charge in [0.15, 0.2) is 0 Å². The first-order valence-electron chi connectivity index (χ1n) is 7.46. The molecule has 1 N–H and O–H groups in total. The molecule has 0 aliphatic carbocycles. The third-order valence-electron chi connectivity index (χ3n) is 3.33. The van der Waals surface area contributed by atoms with Crippen molar-refractivity contribution in [3.63, 3.8) is 0 Å². The van der Waals surface area contributed by atoms with Gasteiger partial charge >= 0.3 is 0 Å². The van der Waals surface area contributed by atoms with Crippen molar-refractivity contribution in [3.05, 3.63) is 29.6 Å². The molecule has 0 saturated carbocycles. The highest BCUT2D eigenvalue weighted by Gasteiger charge is 2.21. The van der Waals surface area contributed by atoms with E-state index in [0.717, 1.165) is 25.9 Å². The Morgan fingerprint density at radius 1 is 1.10 bits per heavy atom. The number of nitrogens with one attached hydrogen (secondary N) is 1. The summed E-state index contributed by atoms with van der Waals surface area (Å²) in [6, 6.07) is 5.01. The molecule has 1 aliphatic heterocycles. The lowest BCUT2D eigenvalue weighted by Gasteiger charge is -2.26. The van der Waals surface area contributed by atoms with Gasteiger partial charge in [0.25, 0.3) is 11.8 Å². The minimum Gasteiger partial charge on any atom is -0.346 e. The maximum Gasteiger partial charge on any atom is 0.272 e. The zero-order valence-corrected chi connectivity index (χ0v) is 13.0. The van der Waals surface area contributed by atoms with E-state index in [2.05, 4.69) is 10.3 Å². The molecule has 21 heavy (non-hydrogen) atoms. The Morgan fingerprint density at radius 2 is 1.71 bits per heavy atom. The summed E-state index contributed by atoms with van der Waals surface area (Å²) in [5.41, 5.74) is 0.303. The summed E-state index contributed by atoms with van der Waals surface area (Å²) >= 11 is 0. The average molecular weight is 289 g/mol. The molecular formula is C16H23N3O2. The minimum atomic E-state index is -0.328. The molecule has 1 fully saturated rings. The predicted molar refractivity (Wildman–Crippen MR) is 81.2 cm³/mol. The highest BCUT2D eigenvalue weighted by atomic mass is 16.2. The molecule has 1 aromatic rings. The number of carbonyl (C=O) groups excluding carboxylic acids is 2. The number of likely N-dealkylation sites (tertiary alicyclic amines) is 1. The van der Waals surface area contributed by atoms with E-state index in [0.29, 0.717) is 5.69 Å². The summed E-state index contributed by atoms with van der Waals surface area (Å²) in [4.78, 5) is 30.5. The van der Waals surface area contributed by atoms with Crippen LogP contribution in [-0.2, 0) is 0 Å². The summed E-state index contributed by atoms with van der Waals surface area (Å²) < 4.78 is 0. The number of pyridine rings is 1. The average Bonchev–Trinajstić information content (AvgIpc) is 2.46. The summed E-state index contributed by atoms with van der Waals surface area (Å²) in [5.74, 6) is -0.337. The van der Waals surface area contributed by atoms with Gasteiger partial charge in [0.05, 0.1) is 0 Å². The molecule has 0 unspecified atom stereocenters. The first-order valence-corrected chi connectivity index (χ1v) is 7.46. The smallest absolute Gasteiger partial charge is 0.272 e. The zero-order valence-electron chi connectivity index (χ0n) is 13.0. The van der Waals surface area contributed by atoms with Gasteiger partial charge in [-0.2, -0.15) is 0 Å². The maximum absolute atomic E-state index is 12.4. The van der Waals surface area contributed by atoms with E-state index in [-0.39, 0.29) is 23.0 Å². The number of hydrogen-bond acceptors (Lipinski definition) is 3. The fourth-order valence-corrected chi connectivity index (χ4v) is 2.34. The zero-order chi connectivity index (χ0) is 15.5. The number of carbonyl (C=O) groups is 2. The monoisotopic (exact) mass is 289 g/mol. The topological polar surface area (TPSA) is 62.3 Å². The van der Waals surface area contributed by atoms with Crippen LogP contribution in [0.2, 0.25) is 0 Å². The van der Waals surface area contributed by atoms with Crippen molar-refractivity contribution >= 4 is 11.8 Å². The first-order chi connectivity index (χ1) is 9.87. The number of nitrogens with zero attached hydrogens (tertiary/aromatic N) is 2. The highest BCUT2D eigenvalue weighted by molar-refractivity contribution is 5.96. The lowest BCUT2D eigenvalue weighted by atomic mass is 10.1. The van der Waals surface area contributed by atoms with Crippen LogP contribution in [-0.4, -0.2) is 40.3 Å². The molecule has 0 aromatic carbocycles. The quantitative estimate of drug-likeness (QED) is 0.908. The lowest BCUT2D eigenvalue weighted by Crippen LogP contribution is -2.41. The highest BCUT2D eigenvalue weighted by Crippen LogP contribution is 2.12. The molecule has 0 bridgehead atoms. The Hall–Kier alpha value is -1.91. The van der Waals surface area contributed by atoms with E-state index in [4.69, 9.17) is 0 Å². The molecular weight excluding hydrogens is 266 g/mol. The molecule has 1 aromatic heterocycles. The molecule has 2 heterocycles. The predicted octanol–water partition coefficient (Wildman–Crippen LogP) is 2.24. The van der Waals surface area contributed by atoms with Crippen LogP contribution < -0.4 is 5.32 Å². The molecule has 5 nitrogen and oxygen atoms in total. The van der Waals surface area contributed by atoms with Gasteiger partial charge in [-0.25, -0.2) is 4.98 Å². The van der Waals surface area contributed by atoms with E-state index >= 15 is 0 Å². The SMILES string of the molecule is CC(C)(C)NC(=O)c1cccc(C(=O)N2CCCCC2)n1. The standard InChI is InChI=1S/C16H23N3O2/c1-16(2,3)18-14(20)12-8-7-9-13(17-12)15(21)19-10-5-4-6-11-19/h7-9H,4-6,10-11H2,1-3H3,(H,18,20). The first kappa shape index (κ1) is 15.5. The van der Waals surface area contributed by atoms with Gasteiger partial charge in [-0.05, 0) is 52.2 Å². The van der Waals surface area contributed by atoms with E-state index in [1.165, 1.54) is 6.42 Å². The van der Waals surface area contributed by atoms with Crippen molar-refractivity contribution in [2.75, 3.05) is 13.1 Å². The van der Waals surface area contributed by atoms with Gasteiger partial charge in [0.1, 0.15) is 11.4 Å². The minimum absolute atomic E-state index is 0.0832. The van der Waals surface area contributed by atoms with Crippen LogP contribution >= 0.6 is 0 Å². The van der Waals surface area contributed by atoms with E-state index in [1.54, 1.807) is 18.2 Å². The van der Waals surface area contributed by atoms with Crippen molar-refractivity contribution in [2.24, 2.45) is 0 Å². The second-order valence-electron chi connectivity index (χ2n) is 6.47. The summed E-state index contributed by atoms with van der Waals surface area (Å²) in [6.45, 7) is 7.28. The van der Waals surface area contributed by atoms with E-state index in [9.17, 15) is 9.59 Å². The molecule has 114 valence electrons. The number of aromatic nitrogens is 1. The number of rotatable bonds is 2. The summed E-state index contributed by atoms with van der Waals surface area (Å²) in [7, 11) is 0. The van der Waals surface area contributed by atoms with Crippen LogP contribution in [0.15, 0.2) is 18.2 Å². The molecule has 2 rings (SSSR count). The van der Waals surface area contributed by atoms with Crippen LogP contribution in [0.5, 0.6) is 0 Å². The van der Waals surface area contributed by atoms with Gasteiger partial charge in [-0.1, -0.05) is 6.07 Å². The second-order valence-corrected chi connectivity index (χ2v) is 6.47. The molecule has 5 heteroatoms. The van der Waals surface area contributed by atoms with Gasteiger partial charge in [-0.15, -0.1) is 0 Å². The van der Waals surface area contributed by atoms with Crippen LogP contribution in [0.4, 0.5) is 0 Å². The molecule has 1 saturated heterocycles. The fourth-order valence-electron chi connectivity index (χ4n) is 2.34. The number of hydrogen-bond donors (Lipinski definition) is 1. The van der Waals surface area contributed by atoms with Gasteiger partial charge in [-0.3, -0.25) is 9.59 Å². The number of piperidine rings is 1. The third-order valence-corrected chi connectivity index (χ3v) is 3.33. The maximum atomic E-state index is 12.4.